The summed E-state index contributed by atoms with van der Waals surface area (Å²) in [7, 11) is 0. The van der Waals surface area contributed by atoms with E-state index in [1.165, 1.54) is 45.1 Å². The van der Waals surface area contributed by atoms with Crippen LogP contribution in [0.25, 0.3) is 0 Å². The number of hydrogen-bond donors (Lipinski definition) is 2. The Morgan fingerprint density at radius 3 is 2.50 bits per heavy atom. The fraction of sp³-hybridized carbons (Fsp3) is 1.00. The molecule has 18 heavy (non-hydrogen) atoms. The van der Waals surface area contributed by atoms with E-state index in [9.17, 15) is 5.11 Å². The zero-order valence-corrected chi connectivity index (χ0v) is 11.9. The van der Waals surface area contributed by atoms with Gasteiger partial charge in [-0.15, -0.1) is 0 Å². The summed E-state index contributed by atoms with van der Waals surface area (Å²) in [4.78, 5) is 2.73. The number of aliphatic hydroxyl groups is 1. The van der Waals surface area contributed by atoms with Crippen molar-refractivity contribution in [1.82, 2.24) is 10.2 Å². The summed E-state index contributed by atoms with van der Waals surface area (Å²) in [5.74, 6) is 0.733. The van der Waals surface area contributed by atoms with Gasteiger partial charge in [0.15, 0.2) is 0 Å². The minimum atomic E-state index is 0.323. The van der Waals surface area contributed by atoms with E-state index >= 15 is 0 Å². The molecule has 1 saturated carbocycles. The lowest BCUT2D eigenvalue weighted by molar-refractivity contribution is 0.0980. The number of rotatable bonds is 3. The fourth-order valence-corrected chi connectivity index (χ4v) is 3.64. The number of nitrogens with one attached hydrogen (secondary N) is 1. The monoisotopic (exact) mass is 254 g/mol. The first-order valence-electron chi connectivity index (χ1n) is 7.88. The molecule has 1 aliphatic carbocycles. The summed E-state index contributed by atoms with van der Waals surface area (Å²) in [6.45, 7) is 6.07. The molecule has 0 aromatic heterocycles. The molecule has 0 amide bonds. The van der Waals surface area contributed by atoms with Crippen LogP contribution >= 0.6 is 0 Å². The van der Waals surface area contributed by atoms with Gasteiger partial charge in [-0.1, -0.05) is 32.6 Å². The average molecular weight is 254 g/mol. The van der Waals surface area contributed by atoms with E-state index in [1.807, 2.05) is 0 Å². The third-order valence-corrected chi connectivity index (χ3v) is 4.62. The highest BCUT2D eigenvalue weighted by atomic mass is 16.3. The van der Waals surface area contributed by atoms with E-state index in [-0.39, 0.29) is 0 Å². The van der Waals surface area contributed by atoms with Crippen molar-refractivity contribution in [3.63, 3.8) is 0 Å². The fourth-order valence-electron chi connectivity index (χ4n) is 3.64. The Morgan fingerprint density at radius 1 is 1.11 bits per heavy atom. The van der Waals surface area contributed by atoms with E-state index in [1.54, 1.807) is 0 Å². The maximum Gasteiger partial charge on any atom is 0.0446 e. The van der Waals surface area contributed by atoms with Gasteiger partial charge in [0.05, 0.1) is 0 Å². The molecule has 0 aromatic rings. The van der Waals surface area contributed by atoms with Crippen molar-refractivity contribution in [2.45, 2.75) is 64.0 Å². The first kappa shape index (κ1) is 14.3. The lowest BCUT2D eigenvalue weighted by Crippen LogP contribution is -2.47. The maximum atomic E-state index is 9.29. The topological polar surface area (TPSA) is 35.5 Å². The first-order chi connectivity index (χ1) is 8.81. The van der Waals surface area contributed by atoms with Crippen molar-refractivity contribution in [2.24, 2.45) is 5.92 Å². The summed E-state index contributed by atoms with van der Waals surface area (Å²) in [5.41, 5.74) is 0. The van der Waals surface area contributed by atoms with Crippen LogP contribution in [0.15, 0.2) is 0 Å². The molecular formula is C15H30N2O. The third kappa shape index (κ3) is 3.94. The van der Waals surface area contributed by atoms with Gasteiger partial charge in [0, 0.05) is 31.8 Å². The van der Waals surface area contributed by atoms with Gasteiger partial charge in [-0.2, -0.15) is 0 Å². The van der Waals surface area contributed by atoms with Crippen molar-refractivity contribution in [2.75, 3.05) is 26.2 Å². The Labute approximate surface area is 112 Å². The minimum absolute atomic E-state index is 0.323. The summed E-state index contributed by atoms with van der Waals surface area (Å²) in [6.07, 6.45) is 9.30. The molecule has 106 valence electrons. The van der Waals surface area contributed by atoms with Crippen molar-refractivity contribution >= 4 is 0 Å². The summed E-state index contributed by atoms with van der Waals surface area (Å²) < 4.78 is 0. The van der Waals surface area contributed by atoms with Gasteiger partial charge < -0.3 is 10.4 Å². The Balaban J connectivity index is 2.01. The molecule has 1 saturated heterocycles. The number of hydrogen-bond acceptors (Lipinski definition) is 3. The van der Waals surface area contributed by atoms with E-state index < -0.39 is 0 Å². The van der Waals surface area contributed by atoms with Gasteiger partial charge in [-0.05, 0) is 31.7 Å². The average Bonchev–Trinajstić information content (AvgIpc) is 2.71. The number of aliphatic hydroxyl groups excluding tert-OH is 1. The van der Waals surface area contributed by atoms with Gasteiger partial charge >= 0.3 is 0 Å². The van der Waals surface area contributed by atoms with Gasteiger partial charge in [0.2, 0.25) is 0 Å². The second-order valence-corrected chi connectivity index (χ2v) is 6.27. The lowest BCUT2D eigenvalue weighted by Gasteiger charge is -2.37. The smallest absolute Gasteiger partial charge is 0.0446 e. The van der Waals surface area contributed by atoms with Crippen molar-refractivity contribution < 1.29 is 5.11 Å². The van der Waals surface area contributed by atoms with Gasteiger partial charge in [-0.3, -0.25) is 4.90 Å². The molecule has 2 rings (SSSR count). The standard InChI is InChI=1S/C15H30N2O/c1-13-10-16-11-15(8-9-18)17(12-13)14-6-4-2-3-5-7-14/h13-16,18H,2-12H2,1H3. The largest absolute Gasteiger partial charge is 0.396 e. The quantitative estimate of drug-likeness (QED) is 0.756. The molecule has 1 heterocycles. The van der Waals surface area contributed by atoms with E-state index in [4.69, 9.17) is 0 Å². The highest BCUT2D eigenvalue weighted by Gasteiger charge is 2.29. The molecule has 0 spiro atoms. The Bertz CT molecular complexity index is 227. The lowest BCUT2D eigenvalue weighted by atomic mass is 10.0. The molecule has 2 fully saturated rings. The maximum absolute atomic E-state index is 9.29. The zero-order chi connectivity index (χ0) is 12.8. The molecule has 2 N–H and O–H groups in total. The van der Waals surface area contributed by atoms with E-state index in [0.29, 0.717) is 12.6 Å². The van der Waals surface area contributed by atoms with Crippen LogP contribution in [-0.4, -0.2) is 48.3 Å². The molecule has 3 nitrogen and oxygen atoms in total. The molecule has 2 unspecified atom stereocenters. The first-order valence-corrected chi connectivity index (χ1v) is 7.88. The molecule has 1 aliphatic heterocycles. The van der Waals surface area contributed by atoms with Gasteiger partial charge in [-0.25, -0.2) is 0 Å². The van der Waals surface area contributed by atoms with Crippen LogP contribution in [-0.2, 0) is 0 Å². The van der Waals surface area contributed by atoms with Gasteiger partial charge in [0.25, 0.3) is 0 Å². The van der Waals surface area contributed by atoms with E-state index in [2.05, 4.69) is 17.1 Å². The minimum Gasteiger partial charge on any atom is -0.396 e. The van der Waals surface area contributed by atoms with Crippen LogP contribution in [0.3, 0.4) is 0 Å². The van der Waals surface area contributed by atoms with Crippen molar-refractivity contribution in [3.05, 3.63) is 0 Å². The normalized spacial score (nSPS) is 33.0. The zero-order valence-electron chi connectivity index (χ0n) is 11.9. The van der Waals surface area contributed by atoms with Crippen LogP contribution in [0.1, 0.15) is 51.9 Å². The molecule has 0 radical (unpaired) electrons. The van der Waals surface area contributed by atoms with Crippen LogP contribution < -0.4 is 5.32 Å². The highest BCUT2D eigenvalue weighted by molar-refractivity contribution is 4.86. The summed E-state index contributed by atoms with van der Waals surface area (Å²) >= 11 is 0. The molecule has 2 aliphatic rings. The molecular weight excluding hydrogens is 224 g/mol. The molecule has 2 atom stereocenters. The van der Waals surface area contributed by atoms with Crippen LogP contribution in [0, 0.1) is 5.92 Å². The van der Waals surface area contributed by atoms with Crippen LogP contribution in [0.5, 0.6) is 0 Å². The Kier molecular flexibility index (Phi) is 5.93. The second kappa shape index (κ2) is 7.46. The second-order valence-electron chi connectivity index (χ2n) is 6.27. The van der Waals surface area contributed by atoms with Crippen molar-refractivity contribution in [3.8, 4) is 0 Å². The van der Waals surface area contributed by atoms with Crippen molar-refractivity contribution in [1.29, 1.82) is 0 Å². The highest BCUT2D eigenvalue weighted by Crippen LogP contribution is 2.26. The van der Waals surface area contributed by atoms with Crippen LogP contribution in [0.2, 0.25) is 0 Å². The number of nitrogens with zero attached hydrogens (tertiary/aromatic N) is 1. The SMILES string of the molecule is CC1CNCC(CCO)N(C2CCCCCC2)C1. The molecule has 0 bridgehead atoms. The molecule has 0 aromatic carbocycles. The van der Waals surface area contributed by atoms with Crippen LogP contribution in [0.4, 0.5) is 0 Å². The summed E-state index contributed by atoms with van der Waals surface area (Å²) in [6, 6.07) is 1.31. The predicted molar refractivity (Wildman–Crippen MR) is 75.7 cm³/mol. The third-order valence-electron chi connectivity index (χ3n) is 4.62. The Hall–Kier alpha value is -0.120. The molecule has 3 heteroatoms. The van der Waals surface area contributed by atoms with E-state index in [0.717, 1.165) is 31.5 Å². The predicted octanol–water partition coefficient (Wildman–Crippen LogP) is 2.00. The Morgan fingerprint density at radius 2 is 1.83 bits per heavy atom. The summed E-state index contributed by atoms with van der Waals surface area (Å²) in [5, 5.41) is 12.9. The van der Waals surface area contributed by atoms with Gasteiger partial charge in [0.1, 0.15) is 0 Å².